The molecule has 63 heavy (non-hydrogen) atoms. The lowest BCUT2D eigenvalue weighted by molar-refractivity contribution is 0.953. The Hall–Kier alpha value is -8.19. The Bertz CT molecular complexity index is 3900. The van der Waals surface area contributed by atoms with Gasteiger partial charge in [0.15, 0.2) is 11.6 Å². The van der Waals surface area contributed by atoms with E-state index in [9.17, 15) is 0 Å². The molecule has 13 aromatic rings. The Morgan fingerprint density at radius 2 is 0.857 bits per heavy atom. The molecule has 0 saturated heterocycles. The van der Waals surface area contributed by atoms with E-state index in [-0.39, 0.29) is 0 Å². The molecule has 0 unspecified atom stereocenters. The Balaban J connectivity index is 1.16. The first-order valence-corrected chi connectivity index (χ1v) is 22.0. The number of aromatic nitrogens is 5. The van der Waals surface area contributed by atoms with Crippen LogP contribution < -0.4 is 0 Å². The zero-order valence-corrected chi connectivity index (χ0v) is 34.7. The van der Waals surface area contributed by atoms with Crippen LogP contribution in [0.3, 0.4) is 0 Å². The summed E-state index contributed by atoms with van der Waals surface area (Å²) >= 11 is 1.80. The van der Waals surface area contributed by atoms with E-state index in [0.717, 1.165) is 66.2 Å². The normalized spacial score (nSPS) is 11.8. The fourth-order valence-corrected chi connectivity index (χ4v) is 10.8. The van der Waals surface area contributed by atoms with E-state index in [1.54, 1.807) is 11.3 Å². The molecular formula is C57H35N5S. The molecule has 294 valence electrons. The summed E-state index contributed by atoms with van der Waals surface area (Å²) in [6, 6.07) is 75.7. The molecule has 0 aliphatic rings. The quantitative estimate of drug-likeness (QED) is 0.168. The van der Waals surface area contributed by atoms with Gasteiger partial charge in [0.25, 0.3) is 0 Å². The predicted molar refractivity (Wildman–Crippen MR) is 263 cm³/mol. The van der Waals surface area contributed by atoms with Crippen LogP contribution >= 0.6 is 11.3 Å². The number of benzene rings is 9. The zero-order chi connectivity index (χ0) is 41.4. The Labute approximate surface area is 366 Å². The van der Waals surface area contributed by atoms with Crippen molar-refractivity contribution >= 4 is 75.1 Å². The highest BCUT2D eigenvalue weighted by Crippen LogP contribution is 2.45. The molecule has 0 fully saturated rings. The fourth-order valence-electron chi connectivity index (χ4n) is 9.63. The van der Waals surface area contributed by atoms with Gasteiger partial charge in [-0.3, -0.25) is 4.57 Å². The van der Waals surface area contributed by atoms with Gasteiger partial charge in [0.1, 0.15) is 0 Å². The van der Waals surface area contributed by atoms with E-state index in [0.29, 0.717) is 17.6 Å². The maximum Gasteiger partial charge on any atom is 0.238 e. The van der Waals surface area contributed by atoms with Crippen LogP contribution in [0.4, 0.5) is 0 Å². The molecule has 0 amide bonds. The third-order valence-electron chi connectivity index (χ3n) is 12.4. The number of hydrogen-bond donors (Lipinski definition) is 0. The molecule has 4 heterocycles. The van der Waals surface area contributed by atoms with Crippen molar-refractivity contribution in [1.82, 2.24) is 24.1 Å². The van der Waals surface area contributed by atoms with Gasteiger partial charge in [-0.05, 0) is 47.0 Å². The standard InChI is InChI=1S/C57H35N5S/c1-4-17-36(18-5-1)40-26-16-29-49(52(40)37-19-6-2-7-20-37)61-47-27-13-10-23-41(47)45-33-34-46-42-24-11-14-28-48(42)62(54(46)53(45)61)57-59-55(38-21-8-3-9-22-38)58-56(60-57)39-31-32-44-43-25-12-15-30-50(43)63-51(44)35-39/h1-35H. The van der Waals surface area contributed by atoms with Gasteiger partial charge in [0.05, 0.1) is 27.8 Å². The molecule has 0 radical (unpaired) electrons. The maximum atomic E-state index is 5.45. The van der Waals surface area contributed by atoms with Gasteiger partial charge < -0.3 is 4.57 Å². The predicted octanol–water partition coefficient (Wildman–Crippen LogP) is 15.1. The summed E-state index contributed by atoms with van der Waals surface area (Å²) in [6.45, 7) is 0. The van der Waals surface area contributed by atoms with Crippen molar-refractivity contribution < 1.29 is 0 Å². The molecular weight excluding hydrogens is 787 g/mol. The summed E-state index contributed by atoms with van der Waals surface area (Å²) in [7, 11) is 0. The first-order valence-electron chi connectivity index (χ1n) is 21.2. The van der Waals surface area contributed by atoms with Crippen LogP contribution in [0.5, 0.6) is 0 Å². The third kappa shape index (κ3) is 5.59. The summed E-state index contributed by atoms with van der Waals surface area (Å²) < 4.78 is 7.22. The summed E-state index contributed by atoms with van der Waals surface area (Å²) in [5, 5.41) is 7.08. The van der Waals surface area contributed by atoms with Crippen LogP contribution in [-0.2, 0) is 0 Å². The lowest BCUT2D eigenvalue weighted by atomic mass is 9.93. The van der Waals surface area contributed by atoms with Crippen molar-refractivity contribution in [3.05, 3.63) is 212 Å². The average Bonchev–Trinajstić information content (AvgIpc) is 4.02. The molecule has 0 atom stereocenters. The van der Waals surface area contributed by atoms with Gasteiger partial charge in [-0.15, -0.1) is 11.3 Å². The van der Waals surface area contributed by atoms with Crippen LogP contribution in [0, 0.1) is 0 Å². The number of nitrogens with zero attached hydrogens (tertiary/aromatic N) is 5. The second-order valence-corrected chi connectivity index (χ2v) is 17.0. The van der Waals surface area contributed by atoms with Crippen LogP contribution in [0.25, 0.3) is 120 Å². The van der Waals surface area contributed by atoms with Gasteiger partial charge in [0, 0.05) is 58.4 Å². The second kappa shape index (κ2) is 14.2. The Kier molecular flexibility index (Phi) is 8.01. The Morgan fingerprint density at radius 3 is 1.56 bits per heavy atom. The summed E-state index contributed by atoms with van der Waals surface area (Å²) in [5.74, 6) is 1.80. The highest BCUT2D eigenvalue weighted by atomic mass is 32.1. The minimum absolute atomic E-state index is 0.562. The Morgan fingerprint density at radius 1 is 0.333 bits per heavy atom. The minimum Gasteiger partial charge on any atom is -0.307 e. The molecule has 4 aromatic heterocycles. The van der Waals surface area contributed by atoms with E-state index < -0.39 is 0 Å². The average molecular weight is 822 g/mol. The van der Waals surface area contributed by atoms with Crippen molar-refractivity contribution in [2.24, 2.45) is 0 Å². The summed E-state index contributed by atoms with van der Waals surface area (Å²) in [6.07, 6.45) is 0. The summed E-state index contributed by atoms with van der Waals surface area (Å²) in [5.41, 5.74) is 11.9. The van der Waals surface area contributed by atoms with Crippen molar-refractivity contribution in [1.29, 1.82) is 0 Å². The van der Waals surface area contributed by atoms with Gasteiger partial charge in [-0.25, -0.2) is 4.98 Å². The monoisotopic (exact) mass is 821 g/mol. The van der Waals surface area contributed by atoms with Crippen LogP contribution in [0.2, 0.25) is 0 Å². The second-order valence-electron chi connectivity index (χ2n) is 16.0. The number of fused-ring (bicyclic) bond motifs is 10. The third-order valence-corrected chi connectivity index (χ3v) is 13.5. The van der Waals surface area contributed by atoms with Crippen molar-refractivity contribution in [2.75, 3.05) is 0 Å². The fraction of sp³-hybridized carbons (Fsp3) is 0. The van der Waals surface area contributed by atoms with E-state index in [1.165, 1.54) is 36.7 Å². The highest BCUT2D eigenvalue weighted by Gasteiger charge is 2.25. The van der Waals surface area contributed by atoms with Gasteiger partial charge >= 0.3 is 0 Å². The minimum atomic E-state index is 0.562. The van der Waals surface area contributed by atoms with Crippen LogP contribution in [0.1, 0.15) is 0 Å². The molecule has 9 aromatic carbocycles. The molecule has 0 aliphatic heterocycles. The number of rotatable bonds is 6. The van der Waals surface area contributed by atoms with Crippen molar-refractivity contribution in [3.63, 3.8) is 0 Å². The smallest absolute Gasteiger partial charge is 0.238 e. The van der Waals surface area contributed by atoms with E-state index in [1.807, 2.05) is 18.2 Å². The largest absolute Gasteiger partial charge is 0.307 e. The maximum absolute atomic E-state index is 5.45. The molecule has 0 N–H and O–H groups in total. The van der Waals surface area contributed by atoms with Crippen molar-refractivity contribution in [2.45, 2.75) is 0 Å². The highest BCUT2D eigenvalue weighted by molar-refractivity contribution is 7.25. The first-order chi connectivity index (χ1) is 31.3. The van der Waals surface area contributed by atoms with Crippen LogP contribution in [0.15, 0.2) is 212 Å². The zero-order valence-electron chi connectivity index (χ0n) is 33.9. The van der Waals surface area contributed by atoms with E-state index >= 15 is 0 Å². The molecule has 5 nitrogen and oxygen atoms in total. The molecule has 0 bridgehead atoms. The first kappa shape index (κ1) is 35.6. The molecule has 0 saturated carbocycles. The van der Waals surface area contributed by atoms with E-state index in [4.69, 9.17) is 15.0 Å². The van der Waals surface area contributed by atoms with E-state index in [2.05, 4.69) is 203 Å². The number of para-hydroxylation sites is 2. The lowest BCUT2D eigenvalue weighted by Crippen LogP contribution is -2.07. The van der Waals surface area contributed by atoms with Crippen LogP contribution in [-0.4, -0.2) is 24.1 Å². The van der Waals surface area contributed by atoms with Crippen molar-refractivity contribution in [3.8, 4) is 56.7 Å². The lowest BCUT2D eigenvalue weighted by Gasteiger charge is -2.19. The number of hydrogen-bond acceptors (Lipinski definition) is 4. The topological polar surface area (TPSA) is 48.5 Å². The SMILES string of the molecule is c1ccc(-c2nc(-c3ccc4c(c3)sc3ccccc34)nc(-n3c4ccccc4c4ccc5c6ccccc6n(-c6cccc(-c7ccccc7)c6-c6ccccc6)c5c43)n2)cc1. The van der Waals surface area contributed by atoms with Gasteiger partial charge in [-0.1, -0.05) is 182 Å². The molecule has 0 aliphatic carbocycles. The molecule has 6 heteroatoms. The summed E-state index contributed by atoms with van der Waals surface area (Å²) in [4.78, 5) is 16.1. The van der Waals surface area contributed by atoms with Gasteiger partial charge in [0.2, 0.25) is 5.95 Å². The van der Waals surface area contributed by atoms with Gasteiger partial charge in [-0.2, -0.15) is 9.97 Å². The molecule has 0 spiro atoms. The molecule has 13 rings (SSSR count). The number of thiophene rings is 1.